The van der Waals surface area contributed by atoms with Gasteiger partial charge < -0.3 is 10.6 Å². The van der Waals surface area contributed by atoms with Crippen LogP contribution >= 0.6 is 0 Å². The number of nitrogens with one attached hydrogen (secondary N) is 2. The smallest absolute Gasteiger partial charge is 0.321 e. The van der Waals surface area contributed by atoms with Crippen LogP contribution in [0.2, 0.25) is 0 Å². The van der Waals surface area contributed by atoms with Crippen molar-refractivity contribution < 1.29 is 4.79 Å². The third kappa shape index (κ3) is 3.14. The number of hydrogen-bond acceptors (Lipinski definition) is 2. The molecule has 1 aromatic rings. The highest BCUT2D eigenvalue weighted by atomic mass is 16.2. The van der Waals surface area contributed by atoms with Crippen LogP contribution in [0.5, 0.6) is 0 Å². The minimum Gasteiger partial charge on any atom is -0.382 e. The molecule has 1 saturated heterocycles. The van der Waals surface area contributed by atoms with Crippen molar-refractivity contribution in [2.75, 3.05) is 23.3 Å². The van der Waals surface area contributed by atoms with E-state index in [-0.39, 0.29) is 6.03 Å². The summed E-state index contributed by atoms with van der Waals surface area (Å²) in [5.41, 5.74) is 2.12. The van der Waals surface area contributed by atoms with Gasteiger partial charge in [-0.3, -0.25) is 4.90 Å². The van der Waals surface area contributed by atoms with Crippen LogP contribution in [-0.2, 0) is 0 Å². The summed E-state index contributed by atoms with van der Waals surface area (Å²) in [6.07, 6.45) is 6.52. The Labute approximate surface area is 126 Å². The molecule has 114 valence electrons. The van der Waals surface area contributed by atoms with Gasteiger partial charge in [0.15, 0.2) is 0 Å². The summed E-state index contributed by atoms with van der Waals surface area (Å²) in [6, 6.07) is 8.84. The van der Waals surface area contributed by atoms with E-state index in [1.165, 1.54) is 32.1 Å². The van der Waals surface area contributed by atoms with Crippen molar-refractivity contribution >= 4 is 17.4 Å². The quantitative estimate of drug-likeness (QED) is 0.888. The van der Waals surface area contributed by atoms with Crippen LogP contribution in [-0.4, -0.2) is 25.2 Å². The molecule has 0 spiro atoms. The van der Waals surface area contributed by atoms with Gasteiger partial charge in [0.25, 0.3) is 0 Å². The summed E-state index contributed by atoms with van der Waals surface area (Å²) < 4.78 is 0. The van der Waals surface area contributed by atoms with Crippen LogP contribution in [0, 0.1) is 5.92 Å². The van der Waals surface area contributed by atoms with E-state index in [4.69, 9.17) is 0 Å². The summed E-state index contributed by atoms with van der Waals surface area (Å²) in [6.45, 7) is 3.77. The van der Waals surface area contributed by atoms with Crippen LogP contribution < -0.4 is 15.5 Å². The minimum absolute atomic E-state index is 0.0104. The standard InChI is InChI=1S/C17H25N3O/c1-2-13-6-3-4-9-16(13)19-14-7-5-8-15(12-14)20-11-10-18-17(20)21/h5,7-8,12-13,16,19H,2-4,6,9-11H2,1H3,(H,18,21). The molecule has 2 aliphatic rings. The molecule has 3 rings (SSSR count). The van der Waals surface area contributed by atoms with Crippen LogP contribution in [0.15, 0.2) is 24.3 Å². The first kappa shape index (κ1) is 14.2. The lowest BCUT2D eigenvalue weighted by atomic mass is 9.83. The molecular weight excluding hydrogens is 262 g/mol. The SMILES string of the molecule is CCC1CCCCC1Nc1cccc(N2CCNC2=O)c1. The van der Waals surface area contributed by atoms with Crippen molar-refractivity contribution in [3.8, 4) is 0 Å². The lowest BCUT2D eigenvalue weighted by Gasteiger charge is -2.32. The van der Waals surface area contributed by atoms with Gasteiger partial charge in [-0.05, 0) is 37.0 Å². The maximum atomic E-state index is 11.8. The summed E-state index contributed by atoms with van der Waals surface area (Å²) in [7, 11) is 0. The van der Waals surface area contributed by atoms with Crippen LogP contribution in [0.1, 0.15) is 39.0 Å². The molecule has 1 saturated carbocycles. The first-order chi connectivity index (χ1) is 10.3. The van der Waals surface area contributed by atoms with E-state index in [0.29, 0.717) is 6.04 Å². The van der Waals surface area contributed by atoms with Gasteiger partial charge in [0.05, 0.1) is 0 Å². The van der Waals surface area contributed by atoms with Crippen LogP contribution in [0.25, 0.3) is 0 Å². The van der Waals surface area contributed by atoms with Gasteiger partial charge in [0.1, 0.15) is 0 Å². The predicted molar refractivity (Wildman–Crippen MR) is 86.8 cm³/mol. The van der Waals surface area contributed by atoms with Gasteiger partial charge in [-0.1, -0.05) is 32.3 Å². The molecule has 2 fully saturated rings. The van der Waals surface area contributed by atoms with Crippen molar-refractivity contribution in [1.29, 1.82) is 0 Å². The number of anilines is 2. The van der Waals surface area contributed by atoms with Crippen LogP contribution in [0.4, 0.5) is 16.2 Å². The Kier molecular flexibility index (Phi) is 4.32. The lowest BCUT2D eigenvalue weighted by Crippen LogP contribution is -2.32. The van der Waals surface area contributed by atoms with E-state index in [1.54, 1.807) is 0 Å². The van der Waals surface area contributed by atoms with Gasteiger partial charge in [0, 0.05) is 30.5 Å². The van der Waals surface area contributed by atoms with Crippen molar-refractivity contribution in [2.45, 2.75) is 45.1 Å². The minimum atomic E-state index is 0.0104. The van der Waals surface area contributed by atoms with Crippen molar-refractivity contribution in [2.24, 2.45) is 5.92 Å². The summed E-state index contributed by atoms with van der Waals surface area (Å²) in [5.74, 6) is 0.775. The molecule has 1 aromatic carbocycles. The zero-order chi connectivity index (χ0) is 14.7. The fraction of sp³-hybridized carbons (Fsp3) is 0.588. The molecule has 1 aliphatic carbocycles. The molecule has 2 atom stereocenters. The summed E-state index contributed by atoms with van der Waals surface area (Å²) in [4.78, 5) is 13.6. The third-order valence-corrected chi connectivity index (χ3v) is 4.80. The number of rotatable bonds is 4. The molecule has 2 unspecified atom stereocenters. The summed E-state index contributed by atoms with van der Waals surface area (Å²) in [5, 5.41) is 6.55. The normalized spacial score (nSPS) is 25.8. The first-order valence-electron chi connectivity index (χ1n) is 8.20. The molecule has 0 aromatic heterocycles. The molecule has 0 radical (unpaired) electrons. The topological polar surface area (TPSA) is 44.4 Å². The molecule has 0 bridgehead atoms. The zero-order valence-electron chi connectivity index (χ0n) is 12.8. The Balaban J connectivity index is 1.72. The number of carbonyl (C=O) groups is 1. The highest BCUT2D eigenvalue weighted by Gasteiger charge is 2.24. The molecule has 1 aliphatic heterocycles. The largest absolute Gasteiger partial charge is 0.382 e. The lowest BCUT2D eigenvalue weighted by molar-refractivity contribution is 0.252. The van der Waals surface area contributed by atoms with Gasteiger partial charge in [-0.25, -0.2) is 4.79 Å². The molecule has 4 nitrogen and oxygen atoms in total. The van der Waals surface area contributed by atoms with E-state index in [2.05, 4.69) is 29.7 Å². The molecule has 2 N–H and O–H groups in total. The second kappa shape index (κ2) is 6.37. The average molecular weight is 287 g/mol. The number of carbonyl (C=O) groups excluding carboxylic acids is 1. The molecule has 2 amide bonds. The van der Waals surface area contributed by atoms with Gasteiger partial charge in [-0.2, -0.15) is 0 Å². The van der Waals surface area contributed by atoms with Crippen molar-refractivity contribution in [3.63, 3.8) is 0 Å². The average Bonchev–Trinajstić information content (AvgIpc) is 2.94. The number of nitrogens with zero attached hydrogens (tertiary/aromatic N) is 1. The van der Waals surface area contributed by atoms with Crippen molar-refractivity contribution in [1.82, 2.24) is 5.32 Å². The van der Waals surface area contributed by atoms with E-state index in [9.17, 15) is 4.79 Å². The Hall–Kier alpha value is -1.71. The number of benzene rings is 1. The second-order valence-electron chi connectivity index (χ2n) is 6.14. The maximum absolute atomic E-state index is 11.8. The van der Waals surface area contributed by atoms with E-state index >= 15 is 0 Å². The van der Waals surface area contributed by atoms with Crippen LogP contribution in [0.3, 0.4) is 0 Å². The van der Waals surface area contributed by atoms with E-state index < -0.39 is 0 Å². The Morgan fingerprint density at radius 2 is 2.19 bits per heavy atom. The number of hydrogen-bond donors (Lipinski definition) is 2. The molecule has 1 heterocycles. The fourth-order valence-corrected chi connectivity index (χ4v) is 3.58. The molecular formula is C17H25N3O. The highest BCUT2D eigenvalue weighted by Crippen LogP contribution is 2.30. The van der Waals surface area contributed by atoms with Gasteiger partial charge in [-0.15, -0.1) is 0 Å². The predicted octanol–water partition coefficient (Wildman–Crippen LogP) is 3.60. The first-order valence-corrected chi connectivity index (χ1v) is 8.20. The Bertz CT molecular complexity index is 503. The monoisotopic (exact) mass is 287 g/mol. The van der Waals surface area contributed by atoms with Gasteiger partial charge in [0.2, 0.25) is 0 Å². The van der Waals surface area contributed by atoms with E-state index in [0.717, 1.165) is 30.4 Å². The fourth-order valence-electron chi connectivity index (χ4n) is 3.58. The van der Waals surface area contributed by atoms with Crippen molar-refractivity contribution in [3.05, 3.63) is 24.3 Å². The Morgan fingerprint density at radius 1 is 1.33 bits per heavy atom. The third-order valence-electron chi connectivity index (χ3n) is 4.80. The highest BCUT2D eigenvalue weighted by molar-refractivity contribution is 5.94. The molecule has 4 heteroatoms. The maximum Gasteiger partial charge on any atom is 0.321 e. The summed E-state index contributed by atoms with van der Waals surface area (Å²) >= 11 is 0. The number of amides is 2. The Morgan fingerprint density at radius 3 is 2.95 bits per heavy atom. The zero-order valence-corrected chi connectivity index (χ0v) is 12.8. The number of urea groups is 1. The molecule has 21 heavy (non-hydrogen) atoms. The van der Waals surface area contributed by atoms with Gasteiger partial charge >= 0.3 is 6.03 Å². The van der Waals surface area contributed by atoms with E-state index in [1.807, 2.05) is 17.0 Å². The second-order valence-corrected chi connectivity index (χ2v) is 6.14.